The second kappa shape index (κ2) is 6.42. The number of phenols is 1. The first kappa shape index (κ1) is 15.6. The van der Waals surface area contributed by atoms with E-state index in [9.17, 15) is 9.90 Å². The standard InChI is InChI=1S/C17H16BrN3O2/c1-2-4-14-16(21-10-11(18)7-8-15(21)20-14)17(23)19-12-5-3-6-13(22)9-12/h3,5-10,22H,2,4H2,1H3,(H,19,23). The second-order valence-corrected chi connectivity index (χ2v) is 6.15. The number of phenolic OH excluding ortho intramolecular Hbond substituents is 1. The molecule has 1 amide bonds. The van der Waals surface area contributed by atoms with E-state index < -0.39 is 0 Å². The fraction of sp³-hybridized carbons (Fsp3) is 0.176. The van der Waals surface area contributed by atoms with Crippen LogP contribution in [-0.4, -0.2) is 20.4 Å². The van der Waals surface area contributed by atoms with Gasteiger partial charge >= 0.3 is 0 Å². The first-order valence-electron chi connectivity index (χ1n) is 7.35. The third-order valence-electron chi connectivity index (χ3n) is 3.46. The average molecular weight is 374 g/mol. The third-order valence-corrected chi connectivity index (χ3v) is 3.93. The predicted octanol–water partition coefficient (Wildman–Crippen LogP) is 4.01. The predicted molar refractivity (Wildman–Crippen MR) is 92.9 cm³/mol. The molecule has 0 aliphatic heterocycles. The lowest BCUT2D eigenvalue weighted by molar-refractivity contribution is 0.102. The van der Waals surface area contributed by atoms with Crippen molar-refractivity contribution in [2.24, 2.45) is 0 Å². The van der Waals surface area contributed by atoms with Crippen molar-refractivity contribution in [3.8, 4) is 5.75 Å². The van der Waals surface area contributed by atoms with Crippen LogP contribution in [0.15, 0.2) is 47.1 Å². The Balaban J connectivity index is 2.04. The Morgan fingerprint density at radius 2 is 2.17 bits per heavy atom. The molecule has 6 heteroatoms. The Morgan fingerprint density at radius 3 is 2.91 bits per heavy atom. The van der Waals surface area contributed by atoms with Crippen LogP contribution < -0.4 is 5.32 Å². The summed E-state index contributed by atoms with van der Waals surface area (Å²) in [5.74, 6) is -0.137. The van der Waals surface area contributed by atoms with Crippen molar-refractivity contribution in [2.75, 3.05) is 5.32 Å². The van der Waals surface area contributed by atoms with E-state index in [0.29, 0.717) is 11.4 Å². The fourth-order valence-electron chi connectivity index (χ4n) is 2.49. The molecule has 0 aliphatic rings. The molecule has 0 saturated carbocycles. The number of rotatable bonds is 4. The van der Waals surface area contributed by atoms with Crippen molar-refractivity contribution in [3.63, 3.8) is 0 Å². The molecule has 2 heterocycles. The zero-order valence-corrected chi connectivity index (χ0v) is 14.2. The Bertz CT molecular complexity index is 873. The van der Waals surface area contributed by atoms with Crippen molar-refractivity contribution < 1.29 is 9.90 Å². The molecule has 118 valence electrons. The number of aryl methyl sites for hydroxylation is 1. The topological polar surface area (TPSA) is 66.6 Å². The number of pyridine rings is 1. The van der Waals surface area contributed by atoms with Gasteiger partial charge in [0.2, 0.25) is 0 Å². The lowest BCUT2D eigenvalue weighted by Gasteiger charge is -2.07. The zero-order chi connectivity index (χ0) is 16.4. The highest BCUT2D eigenvalue weighted by Crippen LogP contribution is 2.21. The maximum absolute atomic E-state index is 12.7. The van der Waals surface area contributed by atoms with Gasteiger partial charge in [-0.2, -0.15) is 0 Å². The molecule has 23 heavy (non-hydrogen) atoms. The van der Waals surface area contributed by atoms with Crippen molar-refractivity contribution >= 4 is 33.2 Å². The summed E-state index contributed by atoms with van der Waals surface area (Å²) in [5, 5.41) is 12.3. The highest BCUT2D eigenvalue weighted by Gasteiger charge is 2.19. The molecule has 0 radical (unpaired) electrons. The third kappa shape index (κ3) is 3.22. The minimum absolute atomic E-state index is 0.109. The summed E-state index contributed by atoms with van der Waals surface area (Å²) in [6.07, 6.45) is 3.46. The molecule has 1 aromatic carbocycles. The molecule has 0 bridgehead atoms. The van der Waals surface area contributed by atoms with Crippen molar-refractivity contribution in [2.45, 2.75) is 19.8 Å². The van der Waals surface area contributed by atoms with E-state index in [1.54, 1.807) is 22.6 Å². The van der Waals surface area contributed by atoms with Crippen LogP contribution in [0.5, 0.6) is 5.75 Å². The number of halogens is 1. The minimum Gasteiger partial charge on any atom is -0.508 e. The number of benzene rings is 1. The smallest absolute Gasteiger partial charge is 0.274 e. The van der Waals surface area contributed by atoms with Crippen LogP contribution in [-0.2, 0) is 6.42 Å². The summed E-state index contributed by atoms with van der Waals surface area (Å²) in [7, 11) is 0. The van der Waals surface area contributed by atoms with Gasteiger partial charge in [-0.15, -0.1) is 0 Å². The minimum atomic E-state index is -0.246. The number of nitrogens with zero attached hydrogens (tertiary/aromatic N) is 2. The van der Waals surface area contributed by atoms with E-state index in [-0.39, 0.29) is 11.7 Å². The molecule has 0 aliphatic carbocycles. The van der Waals surface area contributed by atoms with Crippen molar-refractivity contribution in [1.29, 1.82) is 0 Å². The van der Waals surface area contributed by atoms with Crippen LogP contribution in [0.3, 0.4) is 0 Å². The number of aromatic hydroxyl groups is 1. The molecule has 0 spiro atoms. The quantitative estimate of drug-likeness (QED) is 0.725. The van der Waals surface area contributed by atoms with E-state index in [1.807, 2.05) is 18.3 Å². The van der Waals surface area contributed by atoms with Gasteiger partial charge in [-0.05, 0) is 46.6 Å². The summed E-state index contributed by atoms with van der Waals surface area (Å²) in [5.41, 5.74) is 2.56. The maximum Gasteiger partial charge on any atom is 0.274 e. The number of hydrogen-bond donors (Lipinski definition) is 2. The van der Waals surface area contributed by atoms with Crippen LogP contribution in [0.4, 0.5) is 5.69 Å². The Labute approximate surface area is 142 Å². The normalized spacial score (nSPS) is 10.9. The molecule has 3 rings (SSSR count). The number of anilines is 1. The molecule has 0 atom stereocenters. The van der Waals surface area contributed by atoms with Gasteiger partial charge in [0.05, 0.1) is 5.69 Å². The lowest BCUT2D eigenvalue weighted by Crippen LogP contribution is -2.16. The maximum atomic E-state index is 12.7. The van der Waals surface area contributed by atoms with Crippen molar-refractivity contribution in [3.05, 3.63) is 58.5 Å². The highest BCUT2D eigenvalue weighted by molar-refractivity contribution is 9.10. The number of fused-ring (bicyclic) bond motifs is 1. The molecule has 0 fully saturated rings. The number of imidazole rings is 1. The average Bonchev–Trinajstić information content (AvgIpc) is 2.85. The SMILES string of the molecule is CCCc1nc2ccc(Br)cn2c1C(=O)Nc1cccc(O)c1. The van der Waals surface area contributed by atoms with E-state index in [0.717, 1.165) is 28.7 Å². The van der Waals surface area contributed by atoms with E-state index in [1.165, 1.54) is 6.07 Å². The van der Waals surface area contributed by atoms with Crippen LogP contribution in [0.25, 0.3) is 5.65 Å². The lowest BCUT2D eigenvalue weighted by atomic mass is 10.2. The van der Waals surface area contributed by atoms with Crippen LogP contribution >= 0.6 is 15.9 Å². The number of aromatic nitrogens is 2. The number of carbonyl (C=O) groups is 1. The number of carbonyl (C=O) groups excluding carboxylic acids is 1. The largest absolute Gasteiger partial charge is 0.508 e. The Morgan fingerprint density at radius 1 is 1.35 bits per heavy atom. The van der Waals surface area contributed by atoms with Crippen LogP contribution in [0, 0.1) is 0 Å². The second-order valence-electron chi connectivity index (χ2n) is 5.24. The van der Waals surface area contributed by atoms with Crippen molar-refractivity contribution in [1.82, 2.24) is 9.38 Å². The van der Waals surface area contributed by atoms with Crippen LogP contribution in [0.2, 0.25) is 0 Å². The molecule has 2 N–H and O–H groups in total. The zero-order valence-electron chi connectivity index (χ0n) is 12.6. The Kier molecular flexibility index (Phi) is 4.34. The van der Waals surface area contributed by atoms with E-state index in [4.69, 9.17) is 0 Å². The van der Waals surface area contributed by atoms with Gasteiger partial charge in [0.1, 0.15) is 17.1 Å². The molecule has 0 unspecified atom stereocenters. The van der Waals surface area contributed by atoms with E-state index in [2.05, 4.69) is 33.2 Å². The van der Waals surface area contributed by atoms with E-state index >= 15 is 0 Å². The van der Waals surface area contributed by atoms with Gasteiger partial charge in [0.15, 0.2) is 0 Å². The number of amides is 1. The van der Waals surface area contributed by atoms with Gasteiger partial charge < -0.3 is 10.4 Å². The van der Waals surface area contributed by atoms with Gasteiger partial charge in [0, 0.05) is 22.4 Å². The fourth-order valence-corrected chi connectivity index (χ4v) is 2.83. The number of nitrogens with one attached hydrogen (secondary N) is 1. The summed E-state index contributed by atoms with van der Waals surface area (Å²) in [6.45, 7) is 2.05. The Hall–Kier alpha value is -2.34. The first-order chi connectivity index (χ1) is 11.1. The number of hydrogen-bond acceptors (Lipinski definition) is 3. The molecular formula is C17H16BrN3O2. The summed E-state index contributed by atoms with van der Waals surface area (Å²) >= 11 is 3.43. The van der Waals surface area contributed by atoms with Gasteiger partial charge in [-0.25, -0.2) is 4.98 Å². The highest BCUT2D eigenvalue weighted by atomic mass is 79.9. The molecule has 3 aromatic rings. The summed E-state index contributed by atoms with van der Waals surface area (Å²) in [4.78, 5) is 17.3. The molecule has 2 aromatic heterocycles. The van der Waals surface area contributed by atoms with Crippen LogP contribution in [0.1, 0.15) is 29.5 Å². The molecule has 5 nitrogen and oxygen atoms in total. The van der Waals surface area contributed by atoms with Gasteiger partial charge in [-0.3, -0.25) is 9.20 Å². The summed E-state index contributed by atoms with van der Waals surface area (Å²) < 4.78 is 2.66. The first-order valence-corrected chi connectivity index (χ1v) is 8.14. The molecular weight excluding hydrogens is 358 g/mol. The van der Waals surface area contributed by atoms with Gasteiger partial charge in [0.25, 0.3) is 5.91 Å². The molecule has 0 saturated heterocycles. The monoisotopic (exact) mass is 373 g/mol. The van der Waals surface area contributed by atoms with Gasteiger partial charge in [-0.1, -0.05) is 19.4 Å². The summed E-state index contributed by atoms with van der Waals surface area (Å²) in [6, 6.07) is 10.3.